The van der Waals surface area contributed by atoms with Crippen LogP contribution in [0.1, 0.15) is 24.8 Å². The zero-order valence-corrected chi connectivity index (χ0v) is 10.2. The van der Waals surface area contributed by atoms with Gasteiger partial charge in [0.15, 0.2) is 5.82 Å². The summed E-state index contributed by atoms with van der Waals surface area (Å²) < 4.78 is 0. The summed E-state index contributed by atoms with van der Waals surface area (Å²) in [7, 11) is 2.05. The Labute approximate surface area is 96.5 Å². The normalized spacial score (nSPS) is 10.3. The van der Waals surface area contributed by atoms with Crippen molar-refractivity contribution in [2.75, 3.05) is 24.4 Å². The minimum Gasteiger partial charge on any atom is -0.358 e. The third kappa shape index (κ3) is 4.47. The Morgan fingerprint density at radius 2 is 2.13 bits per heavy atom. The fourth-order valence-corrected chi connectivity index (χ4v) is 1.56. The van der Waals surface area contributed by atoms with Crippen molar-refractivity contribution in [1.29, 1.82) is 0 Å². The Balaban J connectivity index is 2.36. The Bertz CT molecular complexity index is 291. The first-order valence-electron chi connectivity index (χ1n) is 5.30. The molecule has 1 aromatic rings. The van der Waals surface area contributed by atoms with Gasteiger partial charge in [0.05, 0.1) is 6.20 Å². The number of aryl methyl sites for hydroxylation is 1. The molecule has 0 radical (unpaired) electrons. The lowest BCUT2D eigenvalue weighted by molar-refractivity contribution is 0.700. The van der Waals surface area contributed by atoms with Crippen molar-refractivity contribution in [3.05, 3.63) is 17.8 Å². The number of hydrogen-bond acceptors (Lipinski definition) is 3. The zero-order valence-electron chi connectivity index (χ0n) is 9.41. The van der Waals surface area contributed by atoms with E-state index in [0.29, 0.717) is 0 Å². The number of halogens is 1. The number of anilines is 1. The molecule has 0 spiro atoms. The van der Waals surface area contributed by atoms with E-state index < -0.39 is 0 Å². The summed E-state index contributed by atoms with van der Waals surface area (Å²) in [5.74, 6) is 1.70. The number of unbranched alkanes of at least 4 members (excludes halogenated alkanes) is 2. The molecule has 0 bridgehead atoms. The van der Waals surface area contributed by atoms with Gasteiger partial charge in [0, 0.05) is 19.5 Å². The molecule has 0 saturated carbocycles. The van der Waals surface area contributed by atoms with E-state index in [-0.39, 0.29) is 0 Å². The van der Waals surface area contributed by atoms with Crippen molar-refractivity contribution in [3.63, 3.8) is 0 Å². The van der Waals surface area contributed by atoms with Gasteiger partial charge in [-0.05, 0) is 31.4 Å². The highest BCUT2D eigenvalue weighted by atomic mass is 35.5. The second kappa shape index (κ2) is 6.62. The van der Waals surface area contributed by atoms with Crippen molar-refractivity contribution >= 4 is 17.4 Å². The molecule has 0 aliphatic rings. The Kier molecular flexibility index (Phi) is 5.40. The molecule has 0 aromatic carbocycles. The van der Waals surface area contributed by atoms with Crippen LogP contribution in [0.15, 0.2) is 12.3 Å². The van der Waals surface area contributed by atoms with E-state index in [9.17, 15) is 0 Å². The van der Waals surface area contributed by atoms with E-state index in [4.69, 9.17) is 11.6 Å². The topological polar surface area (TPSA) is 29.0 Å². The molecule has 84 valence electrons. The van der Waals surface area contributed by atoms with Gasteiger partial charge in [-0.15, -0.1) is 16.7 Å². The molecule has 0 amide bonds. The number of alkyl halides is 1. The van der Waals surface area contributed by atoms with Gasteiger partial charge in [-0.1, -0.05) is 6.42 Å². The predicted molar refractivity (Wildman–Crippen MR) is 64.6 cm³/mol. The third-order valence-electron chi connectivity index (χ3n) is 2.30. The summed E-state index contributed by atoms with van der Waals surface area (Å²) in [6, 6.07) is 2.05. The fraction of sp³-hybridized carbons (Fsp3) is 0.636. The van der Waals surface area contributed by atoms with Crippen LogP contribution < -0.4 is 4.90 Å². The molecular formula is C11H18ClN3. The van der Waals surface area contributed by atoms with Crippen LogP contribution in [-0.2, 0) is 0 Å². The first-order valence-corrected chi connectivity index (χ1v) is 5.84. The van der Waals surface area contributed by atoms with Crippen LogP contribution in [0.5, 0.6) is 0 Å². The maximum atomic E-state index is 5.62. The van der Waals surface area contributed by atoms with Gasteiger partial charge in [-0.2, -0.15) is 5.10 Å². The number of aromatic nitrogens is 2. The van der Waals surface area contributed by atoms with Crippen molar-refractivity contribution in [1.82, 2.24) is 10.2 Å². The summed E-state index contributed by atoms with van der Waals surface area (Å²) in [4.78, 5) is 2.13. The van der Waals surface area contributed by atoms with E-state index in [2.05, 4.69) is 21.2 Å². The van der Waals surface area contributed by atoms with Gasteiger partial charge in [0.25, 0.3) is 0 Å². The highest BCUT2D eigenvalue weighted by molar-refractivity contribution is 6.17. The quantitative estimate of drug-likeness (QED) is 0.553. The lowest BCUT2D eigenvalue weighted by Crippen LogP contribution is -2.20. The second-order valence-corrected chi connectivity index (χ2v) is 4.14. The summed E-state index contributed by atoms with van der Waals surface area (Å²) >= 11 is 5.62. The van der Waals surface area contributed by atoms with Crippen LogP contribution in [0.25, 0.3) is 0 Å². The second-order valence-electron chi connectivity index (χ2n) is 3.76. The van der Waals surface area contributed by atoms with Crippen molar-refractivity contribution in [2.45, 2.75) is 26.2 Å². The predicted octanol–water partition coefficient (Wildman–Crippen LogP) is 2.63. The monoisotopic (exact) mass is 227 g/mol. The average molecular weight is 228 g/mol. The van der Waals surface area contributed by atoms with Crippen LogP contribution in [0.4, 0.5) is 5.82 Å². The summed E-state index contributed by atoms with van der Waals surface area (Å²) in [5.41, 5.74) is 1.15. The van der Waals surface area contributed by atoms with E-state index in [0.717, 1.165) is 36.6 Å². The molecule has 4 heteroatoms. The average Bonchev–Trinajstić information content (AvgIpc) is 2.24. The molecule has 0 atom stereocenters. The van der Waals surface area contributed by atoms with Crippen LogP contribution in [0.3, 0.4) is 0 Å². The SMILES string of the molecule is Cc1cnnc(N(C)CCCCCCl)c1. The zero-order chi connectivity index (χ0) is 11.1. The van der Waals surface area contributed by atoms with E-state index in [1.807, 2.05) is 14.0 Å². The first-order chi connectivity index (χ1) is 7.24. The molecule has 0 aliphatic carbocycles. The van der Waals surface area contributed by atoms with Gasteiger partial charge in [-0.25, -0.2) is 0 Å². The molecule has 0 saturated heterocycles. The molecule has 15 heavy (non-hydrogen) atoms. The highest BCUT2D eigenvalue weighted by Gasteiger charge is 2.02. The largest absolute Gasteiger partial charge is 0.358 e. The number of nitrogens with zero attached hydrogens (tertiary/aromatic N) is 3. The third-order valence-corrected chi connectivity index (χ3v) is 2.56. The van der Waals surface area contributed by atoms with Gasteiger partial charge in [-0.3, -0.25) is 0 Å². The Morgan fingerprint density at radius 1 is 1.33 bits per heavy atom. The van der Waals surface area contributed by atoms with Crippen molar-refractivity contribution in [3.8, 4) is 0 Å². The summed E-state index contributed by atoms with van der Waals surface area (Å²) in [6.45, 7) is 3.04. The van der Waals surface area contributed by atoms with E-state index in [1.165, 1.54) is 6.42 Å². The molecule has 1 rings (SSSR count). The van der Waals surface area contributed by atoms with Gasteiger partial charge < -0.3 is 4.90 Å². The van der Waals surface area contributed by atoms with E-state index in [1.54, 1.807) is 6.20 Å². The first kappa shape index (κ1) is 12.2. The van der Waals surface area contributed by atoms with Gasteiger partial charge in [0.1, 0.15) is 0 Å². The fourth-order valence-electron chi connectivity index (χ4n) is 1.37. The lowest BCUT2D eigenvalue weighted by Gasteiger charge is -2.17. The minimum atomic E-state index is 0.758. The molecule has 0 unspecified atom stereocenters. The molecule has 0 fully saturated rings. The summed E-state index contributed by atoms with van der Waals surface area (Å²) in [5, 5.41) is 8.03. The van der Waals surface area contributed by atoms with Crippen molar-refractivity contribution < 1.29 is 0 Å². The van der Waals surface area contributed by atoms with Gasteiger partial charge in [0.2, 0.25) is 0 Å². The standard InChI is InChI=1S/C11H18ClN3/c1-10-8-11(14-13-9-10)15(2)7-5-3-4-6-12/h8-9H,3-7H2,1-2H3. The molecule has 3 nitrogen and oxygen atoms in total. The molecule has 1 aromatic heterocycles. The minimum absolute atomic E-state index is 0.758. The van der Waals surface area contributed by atoms with Crippen LogP contribution in [0, 0.1) is 6.92 Å². The smallest absolute Gasteiger partial charge is 0.151 e. The van der Waals surface area contributed by atoms with Gasteiger partial charge >= 0.3 is 0 Å². The van der Waals surface area contributed by atoms with Crippen LogP contribution in [0.2, 0.25) is 0 Å². The number of hydrogen-bond donors (Lipinski definition) is 0. The molecule has 0 N–H and O–H groups in total. The Hall–Kier alpha value is -0.830. The van der Waals surface area contributed by atoms with E-state index >= 15 is 0 Å². The maximum Gasteiger partial charge on any atom is 0.151 e. The Morgan fingerprint density at radius 3 is 2.80 bits per heavy atom. The number of rotatable bonds is 6. The van der Waals surface area contributed by atoms with Crippen molar-refractivity contribution in [2.24, 2.45) is 0 Å². The van der Waals surface area contributed by atoms with Crippen LogP contribution >= 0.6 is 11.6 Å². The summed E-state index contributed by atoms with van der Waals surface area (Å²) in [6.07, 6.45) is 5.19. The maximum absolute atomic E-state index is 5.62. The molecule has 1 heterocycles. The molecular weight excluding hydrogens is 210 g/mol. The lowest BCUT2D eigenvalue weighted by atomic mass is 10.2. The van der Waals surface area contributed by atoms with Crippen LogP contribution in [-0.4, -0.2) is 29.7 Å². The molecule has 0 aliphatic heterocycles. The highest BCUT2D eigenvalue weighted by Crippen LogP contribution is 2.10.